The highest BCUT2D eigenvalue weighted by molar-refractivity contribution is 5.75. The Balaban J connectivity index is 2.13. The van der Waals surface area contributed by atoms with Crippen LogP contribution in [0.5, 0.6) is 0 Å². The van der Waals surface area contributed by atoms with E-state index in [0.717, 1.165) is 33.5 Å². The molecule has 0 saturated heterocycles. The van der Waals surface area contributed by atoms with Gasteiger partial charge in [0.25, 0.3) is 5.56 Å². The molecular formula is C15H13F4N3O3. The summed E-state index contributed by atoms with van der Waals surface area (Å²) in [6, 6.07) is 3.21. The zero-order valence-electron chi connectivity index (χ0n) is 12.9. The number of benzene rings is 1. The second-order valence-corrected chi connectivity index (χ2v) is 5.20. The molecule has 0 aliphatic carbocycles. The lowest BCUT2D eigenvalue weighted by Gasteiger charge is -2.14. The molecule has 0 aliphatic heterocycles. The largest absolute Gasteiger partial charge is 0.416 e. The van der Waals surface area contributed by atoms with Crippen molar-refractivity contribution < 1.29 is 22.4 Å². The first kappa shape index (κ1) is 18.4. The fourth-order valence-corrected chi connectivity index (χ4v) is 2.11. The Morgan fingerprint density at radius 1 is 1.20 bits per heavy atom. The molecule has 1 aromatic carbocycles. The maximum absolute atomic E-state index is 13.0. The molecule has 0 atom stereocenters. The third-order valence-corrected chi connectivity index (χ3v) is 3.43. The van der Waals surface area contributed by atoms with Gasteiger partial charge < -0.3 is 5.32 Å². The summed E-state index contributed by atoms with van der Waals surface area (Å²) in [6.45, 7) is -0.968. The number of hydrogen-bond acceptors (Lipinski definition) is 3. The van der Waals surface area contributed by atoms with Crippen molar-refractivity contribution in [3.05, 3.63) is 68.2 Å². The van der Waals surface area contributed by atoms with E-state index in [9.17, 15) is 31.9 Å². The number of rotatable bonds is 4. The van der Waals surface area contributed by atoms with E-state index in [1.165, 1.54) is 7.05 Å². The minimum absolute atomic E-state index is 0.310. The van der Waals surface area contributed by atoms with Gasteiger partial charge in [0, 0.05) is 25.9 Å². The van der Waals surface area contributed by atoms with Crippen LogP contribution in [0.25, 0.3) is 0 Å². The minimum Gasteiger partial charge on any atom is -0.350 e. The van der Waals surface area contributed by atoms with Gasteiger partial charge in [-0.1, -0.05) is 6.07 Å². The highest BCUT2D eigenvalue weighted by Gasteiger charge is 2.33. The quantitative estimate of drug-likeness (QED) is 0.829. The Kier molecular flexibility index (Phi) is 5.10. The molecule has 0 fully saturated rings. The first-order chi connectivity index (χ1) is 11.6. The number of aromatic nitrogens is 2. The molecule has 6 nitrogen and oxygen atoms in total. The Bertz CT molecular complexity index is 915. The molecule has 0 aliphatic rings. The molecule has 1 amide bonds. The second kappa shape index (κ2) is 6.91. The van der Waals surface area contributed by atoms with Crippen molar-refractivity contribution in [1.29, 1.82) is 0 Å². The third-order valence-electron chi connectivity index (χ3n) is 3.43. The lowest BCUT2D eigenvalue weighted by molar-refractivity contribution is -0.138. The summed E-state index contributed by atoms with van der Waals surface area (Å²) in [5.74, 6) is -1.78. The van der Waals surface area contributed by atoms with E-state index in [1.807, 2.05) is 0 Å². The summed E-state index contributed by atoms with van der Waals surface area (Å²) >= 11 is 0. The van der Waals surface area contributed by atoms with Crippen LogP contribution in [-0.4, -0.2) is 15.0 Å². The van der Waals surface area contributed by atoms with Crippen molar-refractivity contribution in [2.45, 2.75) is 19.3 Å². The molecule has 0 unspecified atom stereocenters. The van der Waals surface area contributed by atoms with Crippen LogP contribution < -0.4 is 16.6 Å². The fraction of sp³-hybridized carbons (Fsp3) is 0.267. The van der Waals surface area contributed by atoms with Gasteiger partial charge in [0.05, 0.1) is 5.56 Å². The number of carbonyl (C=O) groups excluding carboxylic acids is 1. The topological polar surface area (TPSA) is 73.1 Å². The Morgan fingerprint density at radius 3 is 2.52 bits per heavy atom. The van der Waals surface area contributed by atoms with Crippen LogP contribution >= 0.6 is 0 Å². The molecule has 0 bridgehead atoms. The van der Waals surface area contributed by atoms with E-state index < -0.39 is 47.8 Å². The van der Waals surface area contributed by atoms with Crippen LogP contribution in [0.2, 0.25) is 0 Å². The molecule has 1 N–H and O–H groups in total. The Hall–Kier alpha value is -2.91. The number of nitrogens with zero attached hydrogens (tertiary/aromatic N) is 2. The molecule has 0 spiro atoms. The van der Waals surface area contributed by atoms with Gasteiger partial charge in [-0.25, -0.2) is 9.18 Å². The lowest BCUT2D eigenvalue weighted by Crippen LogP contribution is -2.40. The minimum atomic E-state index is -4.77. The number of nitrogens with one attached hydrogen (secondary N) is 1. The summed E-state index contributed by atoms with van der Waals surface area (Å²) in [6.07, 6.45) is -3.65. The predicted octanol–water partition coefficient (Wildman–Crippen LogP) is 1.02. The van der Waals surface area contributed by atoms with E-state index in [-0.39, 0.29) is 5.56 Å². The normalized spacial score (nSPS) is 11.4. The average molecular weight is 359 g/mol. The molecular weight excluding hydrogens is 346 g/mol. The first-order valence-electron chi connectivity index (χ1n) is 6.98. The van der Waals surface area contributed by atoms with Crippen LogP contribution in [-0.2, 0) is 31.1 Å². The maximum Gasteiger partial charge on any atom is 0.416 e. The van der Waals surface area contributed by atoms with Gasteiger partial charge in [-0.3, -0.25) is 18.7 Å². The van der Waals surface area contributed by atoms with E-state index in [4.69, 9.17) is 0 Å². The van der Waals surface area contributed by atoms with Gasteiger partial charge in [-0.05, 0) is 17.7 Å². The van der Waals surface area contributed by atoms with Crippen LogP contribution in [0.3, 0.4) is 0 Å². The molecule has 2 aromatic rings. The molecule has 1 heterocycles. The summed E-state index contributed by atoms with van der Waals surface area (Å²) in [4.78, 5) is 34.9. The predicted molar refractivity (Wildman–Crippen MR) is 79.2 cm³/mol. The highest BCUT2D eigenvalue weighted by atomic mass is 19.4. The van der Waals surface area contributed by atoms with E-state index >= 15 is 0 Å². The van der Waals surface area contributed by atoms with Crippen molar-refractivity contribution in [3.63, 3.8) is 0 Å². The zero-order valence-corrected chi connectivity index (χ0v) is 12.9. The van der Waals surface area contributed by atoms with Crippen LogP contribution in [0.1, 0.15) is 11.1 Å². The smallest absolute Gasteiger partial charge is 0.350 e. The van der Waals surface area contributed by atoms with Gasteiger partial charge >= 0.3 is 11.9 Å². The van der Waals surface area contributed by atoms with Crippen molar-refractivity contribution in [2.75, 3.05) is 0 Å². The van der Waals surface area contributed by atoms with Gasteiger partial charge in [0.2, 0.25) is 5.91 Å². The Morgan fingerprint density at radius 2 is 1.88 bits per heavy atom. The average Bonchev–Trinajstić information content (AvgIpc) is 2.53. The number of halogens is 4. The molecule has 0 saturated carbocycles. The van der Waals surface area contributed by atoms with Crippen LogP contribution in [0.4, 0.5) is 17.6 Å². The van der Waals surface area contributed by atoms with E-state index in [2.05, 4.69) is 5.32 Å². The Labute approximate surface area is 138 Å². The second-order valence-electron chi connectivity index (χ2n) is 5.20. The van der Waals surface area contributed by atoms with Crippen LogP contribution in [0, 0.1) is 5.82 Å². The van der Waals surface area contributed by atoms with Crippen molar-refractivity contribution in [1.82, 2.24) is 14.5 Å². The molecule has 2 rings (SSSR count). The van der Waals surface area contributed by atoms with E-state index in [0.29, 0.717) is 6.07 Å². The molecule has 134 valence electrons. The number of carbonyl (C=O) groups is 1. The molecule has 0 radical (unpaired) electrons. The summed E-state index contributed by atoms with van der Waals surface area (Å²) in [5, 5.41) is 2.23. The number of amides is 1. The van der Waals surface area contributed by atoms with Crippen molar-refractivity contribution in [3.8, 4) is 0 Å². The van der Waals surface area contributed by atoms with Gasteiger partial charge in [-0.15, -0.1) is 0 Å². The van der Waals surface area contributed by atoms with Gasteiger partial charge in [0.15, 0.2) is 0 Å². The molecule has 25 heavy (non-hydrogen) atoms. The molecule has 1 aromatic heterocycles. The van der Waals surface area contributed by atoms with E-state index in [1.54, 1.807) is 0 Å². The zero-order chi connectivity index (χ0) is 18.8. The van der Waals surface area contributed by atoms with Crippen LogP contribution in [0.15, 0.2) is 40.1 Å². The van der Waals surface area contributed by atoms with Gasteiger partial charge in [-0.2, -0.15) is 13.2 Å². The monoisotopic (exact) mass is 359 g/mol. The third kappa shape index (κ3) is 4.34. The van der Waals surface area contributed by atoms with Crippen molar-refractivity contribution >= 4 is 5.91 Å². The summed E-state index contributed by atoms with van der Waals surface area (Å²) < 4.78 is 53.4. The SMILES string of the molecule is Cn1c(=O)ccn(CC(=O)NCc2ccc(F)cc2C(F)(F)F)c1=O. The maximum atomic E-state index is 13.0. The lowest BCUT2D eigenvalue weighted by atomic mass is 10.1. The summed E-state index contributed by atoms with van der Waals surface area (Å²) in [7, 11) is 1.23. The fourth-order valence-electron chi connectivity index (χ4n) is 2.11. The van der Waals surface area contributed by atoms with Gasteiger partial charge in [0.1, 0.15) is 12.4 Å². The standard InChI is InChI=1S/C15H13F4N3O3/c1-21-13(24)4-5-22(14(21)25)8-12(23)20-7-9-2-3-10(16)6-11(9)15(17,18)19/h2-6H,7-8H2,1H3,(H,20,23). The number of alkyl halides is 3. The number of hydrogen-bond donors (Lipinski definition) is 1. The molecule has 10 heteroatoms. The first-order valence-corrected chi connectivity index (χ1v) is 6.98. The summed E-state index contributed by atoms with van der Waals surface area (Å²) in [5.41, 5.74) is -2.79. The highest BCUT2D eigenvalue weighted by Crippen LogP contribution is 2.32. The van der Waals surface area contributed by atoms with Crippen molar-refractivity contribution in [2.24, 2.45) is 7.05 Å².